The molecule has 0 saturated carbocycles. The molecule has 0 saturated heterocycles. The van der Waals surface area contributed by atoms with Gasteiger partial charge in [0.15, 0.2) is 0 Å². The lowest BCUT2D eigenvalue weighted by Gasteiger charge is -2.13. The fourth-order valence-electron chi connectivity index (χ4n) is 1.59. The highest BCUT2D eigenvalue weighted by Gasteiger charge is 2.16. The van der Waals surface area contributed by atoms with E-state index in [-0.39, 0.29) is 11.9 Å². The average Bonchev–Trinajstić information content (AvgIpc) is 2.69. The fourth-order valence-corrected chi connectivity index (χ4v) is 3.05. The van der Waals surface area contributed by atoms with Crippen molar-refractivity contribution in [1.29, 1.82) is 0 Å². The minimum absolute atomic E-state index is 0.0755. The van der Waals surface area contributed by atoms with Gasteiger partial charge in [-0.05, 0) is 18.6 Å². The summed E-state index contributed by atoms with van der Waals surface area (Å²) in [6, 6.07) is 11.3. The maximum absolute atomic E-state index is 12.0. The van der Waals surface area contributed by atoms with Gasteiger partial charge in [-0.2, -0.15) is 0 Å². The summed E-state index contributed by atoms with van der Waals surface area (Å²) in [6.45, 7) is 1.93. The van der Waals surface area contributed by atoms with Crippen LogP contribution in [0.1, 0.15) is 28.9 Å². The molecule has 1 aromatic carbocycles. The van der Waals surface area contributed by atoms with Gasteiger partial charge in [0, 0.05) is 0 Å². The molecule has 0 bridgehead atoms. The molecular weight excluding hydrogens is 289 g/mol. The van der Waals surface area contributed by atoms with Crippen molar-refractivity contribution >= 4 is 40.4 Å². The lowest BCUT2D eigenvalue weighted by molar-refractivity contribution is 0.0940. The van der Waals surface area contributed by atoms with Gasteiger partial charge in [0.05, 0.1) is 15.9 Å². The Morgan fingerprint density at radius 1 is 1.28 bits per heavy atom. The third-order valence-electron chi connectivity index (χ3n) is 2.55. The molecule has 0 aliphatic carbocycles. The Morgan fingerprint density at radius 2 is 1.94 bits per heavy atom. The van der Waals surface area contributed by atoms with Gasteiger partial charge in [-0.1, -0.05) is 53.5 Å². The van der Waals surface area contributed by atoms with E-state index in [0.717, 1.165) is 5.56 Å². The Kier molecular flexibility index (Phi) is 4.27. The molecule has 0 fully saturated rings. The molecule has 1 amide bonds. The van der Waals surface area contributed by atoms with E-state index in [9.17, 15) is 4.79 Å². The first kappa shape index (κ1) is 13.4. The molecule has 1 heterocycles. The lowest BCUT2D eigenvalue weighted by Crippen LogP contribution is -2.26. The highest BCUT2D eigenvalue weighted by Crippen LogP contribution is 2.31. The minimum Gasteiger partial charge on any atom is -0.345 e. The monoisotopic (exact) mass is 299 g/mol. The largest absolute Gasteiger partial charge is 0.345 e. The molecule has 1 atom stereocenters. The number of thiophene rings is 1. The van der Waals surface area contributed by atoms with Crippen molar-refractivity contribution in [3.63, 3.8) is 0 Å². The molecule has 2 rings (SSSR count). The highest BCUT2D eigenvalue weighted by molar-refractivity contribution is 7.20. The van der Waals surface area contributed by atoms with Crippen LogP contribution in [0.15, 0.2) is 36.4 Å². The average molecular weight is 300 g/mol. The molecule has 2 aromatic rings. The summed E-state index contributed by atoms with van der Waals surface area (Å²) in [5.41, 5.74) is 1.47. The maximum Gasteiger partial charge on any atom is 0.254 e. The van der Waals surface area contributed by atoms with Crippen molar-refractivity contribution in [3.8, 4) is 0 Å². The quantitative estimate of drug-likeness (QED) is 0.885. The fraction of sp³-hybridized carbons (Fsp3) is 0.154. The molecule has 0 aliphatic rings. The second-order valence-electron chi connectivity index (χ2n) is 3.84. The third-order valence-corrected chi connectivity index (χ3v) is 4.04. The zero-order valence-electron chi connectivity index (χ0n) is 9.61. The SMILES string of the molecule is CC(NC(=O)c1cc(Cl)sc1Cl)c1ccccc1. The molecule has 2 nitrogen and oxygen atoms in total. The number of carbonyl (C=O) groups is 1. The van der Waals surface area contributed by atoms with Gasteiger partial charge in [0.1, 0.15) is 4.34 Å². The number of amides is 1. The van der Waals surface area contributed by atoms with Gasteiger partial charge >= 0.3 is 0 Å². The summed E-state index contributed by atoms with van der Waals surface area (Å²) < 4.78 is 0.926. The van der Waals surface area contributed by atoms with Crippen LogP contribution in [0.25, 0.3) is 0 Å². The first-order valence-electron chi connectivity index (χ1n) is 5.38. The zero-order chi connectivity index (χ0) is 13.1. The van der Waals surface area contributed by atoms with Crippen LogP contribution in [0.4, 0.5) is 0 Å². The van der Waals surface area contributed by atoms with Gasteiger partial charge in [-0.25, -0.2) is 0 Å². The van der Waals surface area contributed by atoms with Crippen LogP contribution in [0, 0.1) is 0 Å². The molecule has 18 heavy (non-hydrogen) atoms. The van der Waals surface area contributed by atoms with Crippen LogP contribution >= 0.6 is 34.5 Å². The minimum atomic E-state index is -0.209. The van der Waals surface area contributed by atoms with Crippen LogP contribution in [0.3, 0.4) is 0 Å². The second-order valence-corrected chi connectivity index (χ2v) is 6.13. The van der Waals surface area contributed by atoms with Crippen LogP contribution < -0.4 is 5.32 Å². The number of nitrogens with one attached hydrogen (secondary N) is 1. The van der Waals surface area contributed by atoms with E-state index in [2.05, 4.69) is 5.32 Å². The Morgan fingerprint density at radius 3 is 2.50 bits per heavy atom. The zero-order valence-corrected chi connectivity index (χ0v) is 11.9. The smallest absolute Gasteiger partial charge is 0.254 e. The van der Waals surface area contributed by atoms with E-state index in [1.807, 2.05) is 37.3 Å². The van der Waals surface area contributed by atoms with Crippen LogP contribution in [-0.4, -0.2) is 5.91 Å². The number of hydrogen-bond acceptors (Lipinski definition) is 2. The third kappa shape index (κ3) is 3.05. The maximum atomic E-state index is 12.0. The van der Waals surface area contributed by atoms with E-state index in [4.69, 9.17) is 23.2 Å². The Labute approximate surface area is 120 Å². The summed E-state index contributed by atoms with van der Waals surface area (Å²) in [4.78, 5) is 12.0. The van der Waals surface area contributed by atoms with Crippen molar-refractivity contribution in [2.24, 2.45) is 0 Å². The molecule has 0 spiro atoms. The number of benzene rings is 1. The van der Waals surface area contributed by atoms with Gasteiger partial charge in [0.25, 0.3) is 5.91 Å². The summed E-state index contributed by atoms with van der Waals surface area (Å²) in [7, 11) is 0. The summed E-state index contributed by atoms with van der Waals surface area (Å²) in [6.07, 6.45) is 0. The molecule has 1 N–H and O–H groups in total. The normalized spacial score (nSPS) is 12.2. The van der Waals surface area contributed by atoms with Crippen molar-refractivity contribution in [1.82, 2.24) is 5.32 Å². The van der Waals surface area contributed by atoms with Crippen molar-refractivity contribution in [2.75, 3.05) is 0 Å². The van der Waals surface area contributed by atoms with Gasteiger partial charge in [-0.3, -0.25) is 4.79 Å². The Balaban J connectivity index is 2.10. The van der Waals surface area contributed by atoms with E-state index in [1.165, 1.54) is 11.3 Å². The number of carbonyl (C=O) groups excluding carboxylic acids is 1. The lowest BCUT2D eigenvalue weighted by atomic mass is 10.1. The Hall–Kier alpha value is -1.03. The summed E-state index contributed by atoms with van der Waals surface area (Å²) in [5.74, 6) is -0.209. The van der Waals surface area contributed by atoms with Crippen LogP contribution in [0.2, 0.25) is 8.67 Å². The number of halogens is 2. The molecule has 0 aliphatic heterocycles. The molecule has 94 valence electrons. The first-order valence-corrected chi connectivity index (χ1v) is 6.96. The van der Waals surface area contributed by atoms with Crippen LogP contribution in [-0.2, 0) is 0 Å². The Bertz CT molecular complexity index is 553. The summed E-state index contributed by atoms with van der Waals surface area (Å²) >= 11 is 13.0. The standard InChI is InChI=1S/C13H11Cl2NOS/c1-8(9-5-3-2-4-6-9)16-13(17)10-7-11(14)18-12(10)15/h2-8H,1H3,(H,16,17). The van der Waals surface area contributed by atoms with E-state index in [1.54, 1.807) is 6.07 Å². The molecule has 1 unspecified atom stereocenters. The van der Waals surface area contributed by atoms with Crippen molar-refractivity contribution < 1.29 is 4.79 Å². The molecular formula is C13H11Cl2NOS. The van der Waals surface area contributed by atoms with E-state index < -0.39 is 0 Å². The van der Waals surface area contributed by atoms with Crippen molar-refractivity contribution in [3.05, 3.63) is 56.2 Å². The molecule has 0 radical (unpaired) electrons. The summed E-state index contributed by atoms with van der Waals surface area (Å²) in [5, 5.41) is 2.89. The van der Waals surface area contributed by atoms with Gasteiger partial charge in [0.2, 0.25) is 0 Å². The van der Waals surface area contributed by atoms with Gasteiger partial charge < -0.3 is 5.32 Å². The predicted molar refractivity (Wildman–Crippen MR) is 76.7 cm³/mol. The van der Waals surface area contributed by atoms with E-state index in [0.29, 0.717) is 14.2 Å². The first-order chi connectivity index (χ1) is 8.58. The second kappa shape index (κ2) is 5.74. The van der Waals surface area contributed by atoms with E-state index >= 15 is 0 Å². The number of rotatable bonds is 3. The highest BCUT2D eigenvalue weighted by atomic mass is 35.5. The van der Waals surface area contributed by atoms with Gasteiger partial charge in [-0.15, -0.1) is 11.3 Å². The van der Waals surface area contributed by atoms with Crippen LogP contribution in [0.5, 0.6) is 0 Å². The van der Waals surface area contributed by atoms with Crippen molar-refractivity contribution in [2.45, 2.75) is 13.0 Å². The predicted octanol–water partition coefficient (Wildman–Crippen LogP) is 4.55. The number of hydrogen-bond donors (Lipinski definition) is 1. The topological polar surface area (TPSA) is 29.1 Å². The molecule has 5 heteroatoms. The molecule has 1 aromatic heterocycles.